The highest BCUT2D eigenvalue weighted by Crippen LogP contribution is 2.13. The van der Waals surface area contributed by atoms with Gasteiger partial charge in [-0.25, -0.2) is 5.43 Å². The number of carbonyl (C=O) groups excluding carboxylic acids is 1. The smallest absolute Gasteiger partial charge is 0.271 e. The van der Waals surface area contributed by atoms with Gasteiger partial charge >= 0.3 is 0 Å². The number of methoxy groups -OCH3 is 1. The van der Waals surface area contributed by atoms with Crippen molar-refractivity contribution in [3.05, 3.63) is 64.7 Å². The Kier molecular flexibility index (Phi) is 5.55. The Morgan fingerprint density at radius 2 is 1.91 bits per heavy atom. The molecule has 0 aliphatic carbocycles. The van der Waals surface area contributed by atoms with Gasteiger partial charge in [0.25, 0.3) is 5.91 Å². The lowest BCUT2D eigenvalue weighted by atomic mass is 10.1. The average Bonchev–Trinajstić information content (AvgIpc) is 2.55. The van der Waals surface area contributed by atoms with Crippen molar-refractivity contribution >= 4 is 23.2 Å². The topological polar surface area (TPSA) is 50.7 Å². The summed E-state index contributed by atoms with van der Waals surface area (Å²) in [4.78, 5) is 12.1. The van der Waals surface area contributed by atoms with E-state index in [-0.39, 0.29) is 5.91 Å². The van der Waals surface area contributed by atoms with Crippen LogP contribution in [0.1, 0.15) is 29.3 Å². The van der Waals surface area contributed by atoms with E-state index in [9.17, 15) is 4.79 Å². The molecule has 0 spiro atoms. The van der Waals surface area contributed by atoms with Crippen molar-refractivity contribution < 1.29 is 9.53 Å². The van der Waals surface area contributed by atoms with Crippen LogP contribution in [0.3, 0.4) is 0 Å². The molecular formula is C17H17ClN2O2. The van der Waals surface area contributed by atoms with Gasteiger partial charge in [0.15, 0.2) is 0 Å². The van der Waals surface area contributed by atoms with E-state index in [1.807, 2.05) is 31.2 Å². The number of rotatable bonds is 5. The molecule has 0 aromatic heterocycles. The minimum atomic E-state index is -0.290. The largest absolute Gasteiger partial charge is 0.497 e. The molecule has 2 aromatic carbocycles. The van der Waals surface area contributed by atoms with Gasteiger partial charge in [0.1, 0.15) is 5.75 Å². The first-order valence-electron chi connectivity index (χ1n) is 6.91. The summed E-state index contributed by atoms with van der Waals surface area (Å²) < 4.78 is 5.13. The number of nitrogens with one attached hydrogen (secondary N) is 1. The number of carbonyl (C=O) groups is 1. The fraction of sp³-hybridized carbons (Fsp3) is 0.176. The predicted molar refractivity (Wildman–Crippen MR) is 88.7 cm³/mol. The quantitative estimate of drug-likeness (QED) is 0.672. The van der Waals surface area contributed by atoms with Crippen molar-refractivity contribution in [3.63, 3.8) is 0 Å². The van der Waals surface area contributed by atoms with Crippen LogP contribution in [0.15, 0.2) is 53.6 Å². The molecule has 5 heteroatoms. The van der Waals surface area contributed by atoms with Crippen molar-refractivity contribution in [1.29, 1.82) is 0 Å². The summed E-state index contributed by atoms with van der Waals surface area (Å²) in [5, 5.41) is 4.72. The summed E-state index contributed by atoms with van der Waals surface area (Å²) in [6, 6.07) is 14.3. The standard InChI is InChI=1S/C17H17ClN2O2/c1-3-16(12-7-9-15(22-2)10-8-12)19-20-17(21)13-5-4-6-14(18)11-13/h4-11H,3H2,1-2H3,(H,20,21)/b19-16+. The van der Waals surface area contributed by atoms with Crippen molar-refractivity contribution in [2.45, 2.75) is 13.3 Å². The zero-order valence-electron chi connectivity index (χ0n) is 12.5. The van der Waals surface area contributed by atoms with Gasteiger partial charge in [-0.05, 0) is 54.4 Å². The highest BCUT2D eigenvalue weighted by molar-refractivity contribution is 6.30. The Bertz CT molecular complexity index is 681. The Balaban J connectivity index is 2.13. The van der Waals surface area contributed by atoms with Crippen LogP contribution < -0.4 is 10.2 Å². The number of ether oxygens (including phenoxy) is 1. The third-order valence-corrected chi connectivity index (χ3v) is 3.37. The van der Waals surface area contributed by atoms with Gasteiger partial charge in [0, 0.05) is 10.6 Å². The van der Waals surface area contributed by atoms with E-state index in [4.69, 9.17) is 16.3 Å². The Hall–Kier alpha value is -2.33. The van der Waals surface area contributed by atoms with Crippen LogP contribution in [-0.2, 0) is 0 Å². The lowest BCUT2D eigenvalue weighted by molar-refractivity contribution is 0.0955. The maximum absolute atomic E-state index is 12.1. The maximum Gasteiger partial charge on any atom is 0.271 e. The third kappa shape index (κ3) is 4.09. The number of nitrogens with zero attached hydrogens (tertiary/aromatic N) is 1. The highest BCUT2D eigenvalue weighted by atomic mass is 35.5. The molecule has 114 valence electrons. The van der Waals surface area contributed by atoms with E-state index in [1.54, 1.807) is 31.4 Å². The number of benzene rings is 2. The molecule has 0 unspecified atom stereocenters. The van der Waals surface area contributed by atoms with Crippen LogP contribution in [0, 0.1) is 0 Å². The zero-order chi connectivity index (χ0) is 15.9. The van der Waals surface area contributed by atoms with Crippen molar-refractivity contribution in [2.24, 2.45) is 5.10 Å². The van der Waals surface area contributed by atoms with Gasteiger partial charge in [0.05, 0.1) is 12.8 Å². The SMILES string of the molecule is CC/C(=N\NC(=O)c1cccc(Cl)c1)c1ccc(OC)cc1. The summed E-state index contributed by atoms with van der Waals surface area (Å²) in [6.45, 7) is 1.98. The molecule has 22 heavy (non-hydrogen) atoms. The minimum absolute atomic E-state index is 0.290. The van der Waals surface area contributed by atoms with Crippen LogP contribution in [0.4, 0.5) is 0 Å². The normalized spacial score (nSPS) is 11.1. The van der Waals surface area contributed by atoms with Crippen LogP contribution in [0.5, 0.6) is 5.75 Å². The summed E-state index contributed by atoms with van der Waals surface area (Å²) in [6.07, 6.45) is 0.697. The van der Waals surface area contributed by atoms with Crippen LogP contribution in [0.25, 0.3) is 0 Å². The van der Waals surface area contributed by atoms with E-state index in [0.717, 1.165) is 17.0 Å². The molecule has 0 radical (unpaired) electrons. The lowest BCUT2D eigenvalue weighted by Crippen LogP contribution is -2.19. The molecule has 0 atom stereocenters. The van der Waals surface area contributed by atoms with Crippen molar-refractivity contribution in [2.75, 3.05) is 7.11 Å². The Morgan fingerprint density at radius 3 is 2.50 bits per heavy atom. The first kappa shape index (κ1) is 16.0. The fourth-order valence-electron chi connectivity index (χ4n) is 1.94. The second-order valence-corrected chi connectivity index (χ2v) is 5.03. The molecule has 0 saturated heterocycles. The molecule has 1 amide bonds. The molecule has 0 aliphatic rings. The molecule has 2 rings (SSSR count). The van der Waals surface area contributed by atoms with E-state index < -0.39 is 0 Å². The summed E-state index contributed by atoms with van der Waals surface area (Å²) in [5.41, 5.74) is 4.77. The van der Waals surface area contributed by atoms with Gasteiger partial charge in [-0.3, -0.25) is 4.79 Å². The molecule has 1 N–H and O–H groups in total. The summed E-state index contributed by atoms with van der Waals surface area (Å²) in [5.74, 6) is 0.490. The summed E-state index contributed by atoms with van der Waals surface area (Å²) in [7, 11) is 1.62. The van der Waals surface area contributed by atoms with Crippen LogP contribution in [0.2, 0.25) is 5.02 Å². The molecule has 0 saturated carbocycles. The molecule has 0 bridgehead atoms. The summed E-state index contributed by atoms with van der Waals surface area (Å²) >= 11 is 5.88. The monoisotopic (exact) mass is 316 g/mol. The van der Waals surface area contributed by atoms with E-state index >= 15 is 0 Å². The fourth-order valence-corrected chi connectivity index (χ4v) is 2.13. The lowest BCUT2D eigenvalue weighted by Gasteiger charge is -2.06. The average molecular weight is 317 g/mol. The second-order valence-electron chi connectivity index (χ2n) is 4.59. The van der Waals surface area contributed by atoms with Gasteiger partial charge in [0.2, 0.25) is 0 Å². The van der Waals surface area contributed by atoms with Gasteiger partial charge < -0.3 is 4.74 Å². The van der Waals surface area contributed by atoms with Gasteiger partial charge in [-0.1, -0.05) is 24.6 Å². The van der Waals surface area contributed by atoms with E-state index in [2.05, 4.69) is 10.5 Å². The van der Waals surface area contributed by atoms with Gasteiger partial charge in [-0.15, -0.1) is 0 Å². The molecule has 0 aliphatic heterocycles. The molecule has 2 aromatic rings. The minimum Gasteiger partial charge on any atom is -0.497 e. The molecule has 0 fully saturated rings. The molecule has 0 heterocycles. The number of hydrazone groups is 1. The van der Waals surface area contributed by atoms with Crippen LogP contribution in [-0.4, -0.2) is 18.7 Å². The first-order chi connectivity index (χ1) is 10.6. The maximum atomic E-state index is 12.1. The Morgan fingerprint density at radius 1 is 1.18 bits per heavy atom. The number of amides is 1. The van der Waals surface area contributed by atoms with Gasteiger partial charge in [-0.2, -0.15) is 5.10 Å². The highest BCUT2D eigenvalue weighted by Gasteiger charge is 2.07. The third-order valence-electron chi connectivity index (χ3n) is 3.14. The molecule has 4 nitrogen and oxygen atoms in total. The first-order valence-corrected chi connectivity index (χ1v) is 7.28. The predicted octanol–water partition coefficient (Wildman–Crippen LogP) is 3.89. The Labute approximate surface area is 134 Å². The molecular weight excluding hydrogens is 300 g/mol. The zero-order valence-corrected chi connectivity index (χ0v) is 13.2. The van der Waals surface area contributed by atoms with E-state index in [0.29, 0.717) is 17.0 Å². The number of halogens is 1. The second kappa shape index (κ2) is 7.61. The van der Waals surface area contributed by atoms with Crippen molar-refractivity contribution in [3.8, 4) is 5.75 Å². The number of hydrogen-bond acceptors (Lipinski definition) is 3. The van der Waals surface area contributed by atoms with Crippen LogP contribution >= 0.6 is 11.6 Å². The van der Waals surface area contributed by atoms with E-state index in [1.165, 1.54) is 0 Å². The number of hydrogen-bond donors (Lipinski definition) is 1. The van der Waals surface area contributed by atoms with Crippen molar-refractivity contribution in [1.82, 2.24) is 5.43 Å².